The third kappa shape index (κ3) is 2.78. The van der Waals surface area contributed by atoms with Gasteiger partial charge in [-0.05, 0) is 23.1 Å². The van der Waals surface area contributed by atoms with Gasteiger partial charge in [-0.2, -0.15) is 5.10 Å². The van der Waals surface area contributed by atoms with Gasteiger partial charge in [0.05, 0.1) is 11.4 Å². The predicted octanol–water partition coefficient (Wildman–Crippen LogP) is 2.64. The number of nitrogens with one attached hydrogen (secondary N) is 2. The maximum absolute atomic E-state index is 12.1. The number of benzene rings is 1. The van der Waals surface area contributed by atoms with Gasteiger partial charge in [0.25, 0.3) is 5.91 Å². The van der Waals surface area contributed by atoms with Crippen LogP contribution in [0.15, 0.2) is 53.9 Å². The molecule has 1 aromatic carbocycles. The summed E-state index contributed by atoms with van der Waals surface area (Å²) in [4.78, 5) is 13.2. The Morgan fingerprint density at radius 3 is 2.91 bits per heavy atom. The van der Waals surface area contributed by atoms with Crippen molar-refractivity contribution < 1.29 is 4.79 Å². The minimum atomic E-state index is -0.0712. The van der Waals surface area contributed by atoms with Gasteiger partial charge in [-0.25, -0.2) is 4.68 Å². The first kappa shape index (κ1) is 14.2. The van der Waals surface area contributed by atoms with E-state index in [1.165, 1.54) is 5.56 Å². The lowest BCUT2D eigenvalue weighted by atomic mass is 10.2. The van der Waals surface area contributed by atoms with Crippen molar-refractivity contribution in [2.24, 2.45) is 0 Å². The largest absolute Gasteiger partial charge is 0.347 e. The Morgan fingerprint density at radius 1 is 1.26 bits per heavy atom. The number of nitrogens with zero attached hydrogens (tertiary/aromatic N) is 2. The molecule has 1 aliphatic rings. The molecule has 0 radical (unpaired) electrons. The Kier molecular flexibility index (Phi) is 3.69. The number of thiophene rings is 1. The molecule has 4 rings (SSSR count). The van der Waals surface area contributed by atoms with Gasteiger partial charge >= 0.3 is 0 Å². The highest BCUT2D eigenvalue weighted by Crippen LogP contribution is 2.26. The van der Waals surface area contributed by atoms with Gasteiger partial charge in [-0.1, -0.05) is 36.4 Å². The smallest absolute Gasteiger partial charge is 0.269 e. The molecule has 2 aromatic heterocycles. The highest BCUT2D eigenvalue weighted by molar-refractivity contribution is 7.13. The van der Waals surface area contributed by atoms with Crippen molar-refractivity contribution in [2.75, 3.05) is 6.54 Å². The van der Waals surface area contributed by atoms with Crippen molar-refractivity contribution in [3.05, 3.63) is 65.2 Å². The van der Waals surface area contributed by atoms with E-state index in [-0.39, 0.29) is 12.1 Å². The Labute approximate surface area is 138 Å². The van der Waals surface area contributed by atoms with Gasteiger partial charge in [-0.15, -0.1) is 11.3 Å². The predicted molar refractivity (Wildman–Crippen MR) is 90.2 cm³/mol. The molecule has 3 aromatic rings. The first-order chi connectivity index (χ1) is 11.3. The van der Waals surface area contributed by atoms with Crippen LogP contribution in [-0.4, -0.2) is 22.2 Å². The van der Waals surface area contributed by atoms with Gasteiger partial charge in [0.15, 0.2) is 0 Å². The normalized spacial score (nSPS) is 16.9. The van der Waals surface area contributed by atoms with E-state index in [1.807, 2.05) is 41.8 Å². The van der Waals surface area contributed by atoms with Gasteiger partial charge < -0.3 is 5.32 Å². The summed E-state index contributed by atoms with van der Waals surface area (Å²) in [6, 6.07) is 16.1. The van der Waals surface area contributed by atoms with Crippen molar-refractivity contribution in [1.29, 1.82) is 0 Å². The highest BCUT2D eigenvalue weighted by Gasteiger charge is 2.27. The molecule has 0 unspecified atom stereocenters. The van der Waals surface area contributed by atoms with E-state index in [0.717, 1.165) is 17.1 Å². The van der Waals surface area contributed by atoms with Gasteiger partial charge in [-0.3, -0.25) is 10.1 Å². The van der Waals surface area contributed by atoms with Crippen LogP contribution in [0.2, 0.25) is 0 Å². The van der Waals surface area contributed by atoms with E-state index in [2.05, 4.69) is 27.9 Å². The monoisotopic (exact) mass is 324 g/mol. The summed E-state index contributed by atoms with van der Waals surface area (Å²) < 4.78 is 1.80. The van der Waals surface area contributed by atoms with Crippen molar-refractivity contribution in [2.45, 2.75) is 12.7 Å². The molecule has 1 amide bonds. The number of fused-ring (bicyclic) bond motifs is 1. The summed E-state index contributed by atoms with van der Waals surface area (Å²) in [5.74, 6) is -0.0712. The summed E-state index contributed by atoms with van der Waals surface area (Å²) in [6.45, 7) is 1.26. The van der Waals surface area contributed by atoms with E-state index in [1.54, 1.807) is 16.0 Å². The fourth-order valence-electron chi connectivity index (χ4n) is 2.70. The zero-order valence-corrected chi connectivity index (χ0v) is 13.2. The van der Waals surface area contributed by atoms with Gasteiger partial charge in [0.2, 0.25) is 0 Å². The molecule has 3 heterocycles. The lowest BCUT2D eigenvalue weighted by Crippen LogP contribution is -2.45. The van der Waals surface area contributed by atoms with Crippen LogP contribution in [0.5, 0.6) is 0 Å². The van der Waals surface area contributed by atoms with E-state index in [4.69, 9.17) is 0 Å². The number of hydrogen-bond acceptors (Lipinski definition) is 4. The fourth-order valence-corrected chi connectivity index (χ4v) is 3.38. The molecule has 1 aliphatic heterocycles. The number of rotatable bonds is 4. The van der Waals surface area contributed by atoms with Crippen LogP contribution >= 0.6 is 11.3 Å². The standard InChI is InChI=1S/C17H16N4OS/c22-17-14-9-13(15-7-4-8-23-15)20-21(14)16(11-19-17)18-10-12-5-2-1-3-6-12/h1-9,16,18H,10-11H2,(H,19,22)/t16-/m0/s1. The Hall–Kier alpha value is -2.44. The summed E-state index contributed by atoms with van der Waals surface area (Å²) in [5, 5.41) is 13.0. The third-order valence-electron chi connectivity index (χ3n) is 3.88. The highest BCUT2D eigenvalue weighted by atomic mass is 32.1. The van der Waals surface area contributed by atoms with E-state index >= 15 is 0 Å². The summed E-state index contributed by atoms with van der Waals surface area (Å²) in [7, 11) is 0. The van der Waals surface area contributed by atoms with Gasteiger partial charge in [0.1, 0.15) is 17.6 Å². The molecule has 116 valence electrons. The molecular weight excluding hydrogens is 308 g/mol. The minimum absolute atomic E-state index is 0.0448. The number of amides is 1. The number of carbonyl (C=O) groups is 1. The quantitative estimate of drug-likeness (QED) is 0.776. The van der Waals surface area contributed by atoms with Crippen LogP contribution in [0.1, 0.15) is 22.2 Å². The fraction of sp³-hybridized carbons (Fsp3) is 0.176. The zero-order chi connectivity index (χ0) is 15.6. The molecule has 0 saturated heterocycles. The number of hydrogen-bond donors (Lipinski definition) is 2. The summed E-state index contributed by atoms with van der Waals surface area (Å²) >= 11 is 1.62. The molecule has 6 heteroatoms. The van der Waals surface area contributed by atoms with E-state index < -0.39 is 0 Å². The van der Waals surface area contributed by atoms with Crippen molar-refractivity contribution in [1.82, 2.24) is 20.4 Å². The maximum atomic E-state index is 12.1. The van der Waals surface area contributed by atoms with Crippen LogP contribution in [0.4, 0.5) is 0 Å². The third-order valence-corrected chi connectivity index (χ3v) is 4.77. The van der Waals surface area contributed by atoms with Crippen LogP contribution in [0.25, 0.3) is 10.6 Å². The molecule has 2 N–H and O–H groups in total. The zero-order valence-electron chi connectivity index (χ0n) is 12.4. The minimum Gasteiger partial charge on any atom is -0.347 e. The van der Waals surface area contributed by atoms with Crippen molar-refractivity contribution in [3.8, 4) is 10.6 Å². The molecule has 23 heavy (non-hydrogen) atoms. The average molecular weight is 324 g/mol. The van der Waals surface area contributed by atoms with E-state index in [9.17, 15) is 4.79 Å². The first-order valence-corrected chi connectivity index (χ1v) is 8.38. The Balaban J connectivity index is 1.59. The number of aromatic nitrogens is 2. The molecule has 0 saturated carbocycles. The molecule has 5 nitrogen and oxygen atoms in total. The lowest BCUT2D eigenvalue weighted by Gasteiger charge is -2.25. The summed E-state index contributed by atoms with van der Waals surface area (Å²) in [5.41, 5.74) is 2.65. The summed E-state index contributed by atoms with van der Waals surface area (Å²) in [6.07, 6.45) is -0.0448. The van der Waals surface area contributed by atoms with Crippen molar-refractivity contribution >= 4 is 17.2 Å². The maximum Gasteiger partial charge on any atom is 0.269 e. The molecule has 0 bridgehead atoms. The van der Waals surface area contributed by atoms with E-state index in [0.29, 0.717) is 12.2 Å². The van der Waals surface area contributed by atoms with Crippen LogP contribution < -0.4 is 10.6 Å². The topological polar surface area (TPSA) is 59.0 Å². The molecule has 0 spiro atoms. The molecular formula is C17H16N4OS. The average Bonchev–Trinajstić information content (AvgIpc) is 3.25. The van der Waals surface area contributed by atoms with Crippen LogP contribution in [0, 0.1) is 0 Å². The SMILES string of the molecule is O=C1NC[C@@H](NCc2ccccc2)n2nc(-c3cccs3)cc21. The van der Waals surface area contributed by atoms with Gasteiger partial charge in [0, 0.05) is 6.54 Å². The van der Waals surface area contributed by atoms with Crippen molar-refractivity contribution in [3.63, 3.8) is 0 Å². The molecule has 0 aliphatic carbocycles. The molecule has 0 fully saturated rings. The van der Waals surface area contributed by atoms with Crippen LogP contribution in [-0.2, 0) is 6.54 Å². The second-order valence-electron chi connectivity index (χ2n) is 5.43. The Morgan fingerprint density at radius 2 is 2.13 bits per heavy atom. The second kappa shape index (κ2) is 5.98. The molecule has 1 atom stereocenters. The van der Waals surface area contributed by atoms with Crippen LogP contribution in [0.3, 0.4) is 0 Å². The number of carbonyl (C=O) groups excluding carboxylic acids is 1. The lowest BCUT2D eigenvalue weighted by molar-refractivity contribution is 0.0900. The first-order valence-electron chi connectivity index (χ1n) is 7.50. The second-order valence-corrected chi connectivity index (χ2v) is 6.38. The Bertz CT molecular complexity index is 811.